The average Bonchev–Trinajstić information content (AvgIpc) is 2.15. The number of benzene rings is 1. The van der Waals surface area contributed by atoms with Crippen LogP contribution in [-0.4, -0.2) is 20.3 Å². The van der Waals surface area contributed by atoms with Gasteiger partial charge in [-0.2, -0.15) is 0 Å². The van der Waals surface area contributed by atoms with Gasteiger partial charge < -0.3 is 5.73 Å². The number of aryl methyl sites for hydroxylation is 1. The zero-order valence-corrected chi connectivity index (χ0v) is 10.7. The minimum absolute atomic E-state index is 0.0379. The molecular weight excluding hydrogens is 238 g/mol. The van der Waals surface area contributed by atoms with Crippen molar-refractivity contribution in [3.63, 3.8) is 0 Å². The molecule has 1 atom stereocenters. The van der Waals surface area contributed by atoms with E-state index in [9.17, 15) is 8.42 Å². The molecule has 0 fully saturated rings. The zero-order chi connectivity index (χ0) is 13.1. The largest absolute Gasteiger partial charge is 0.388 e. The number of rotatable bonds is 5. The van der Waals surface area contributed by atoms with Crippen molar-refractivity contribution in [1.29, 1.82) is 5.41 Å². The van der Waals surface area contributed by atoms with Crippen molar-refractivity contribution >= 4 is 15.9 Å². The standard InChI is InChI=1S/C11H17N3O2S/c1-8-3-5-10(6-4-8)17(15,16)14-9(2)7-11(12)13/h3-6,9,14H,7H2,1-2H3,(H3,12,13). The number of hydrogen-bond donors (Lipinski definition) is 3. The van der Waals surface area contributed by atoms with Gasteiger partial charge in [0.25, 0.3) is 0 Å². The quantitative estimate of drug-likeness (QED) is 0.540. The van der Waals surface area contributed by atoms with E-state index >= 15 is 0 Å². The molecule has 0 aliphatic rings. The minimum atomic E-state index is -3.52. The zero-order valence-electron chi connectivity index (χ0n) is 9.90. The first-order chi connectivity index (χ1) is 7.81. The van der Waals surface area contributed by atoms with Gasteiger partial charge in [-0.15, -0.1) is 0 Å². The number of nitrogens with one attached hydrogen (secondary N) is 2. The molecular formula is C11H17N3O2S. The predicted molar refractivity (Wildman–Crippen MR) is 67.5 cm³/mol. The number of hydrogen-bond acceptors (Lipinski definition) is 3. The molecule has 0 heterocycles. The van der Waals surface area contributed by atoms with Gasteiger partial charge in [-0.1, -0.05) is 17.7 Å². The van der Waals surface area contributed by atoms with Gasteiger partial charge >= 0.3 is 0 Å². The van der Waals surface area contributed by atoms with Crippen molar-refractivity contribution in [3.8, 4) is 0 Å². The van der Waals surface area contributed by atoms with Gasteiger partial charge in [0.2, 0.25) is 10.0 Å². The molecule has 4 N–H and O–H groups in total. The number of amidine groups is 1. The molecule has 1 aromatic rings. The van der Waals surface area contributed by atoms with Gasteiger partial charge in [0, 0.05) is 12.5 Å². The van der Waals surface area contributed by atoms with E-state index in [2.05, 4.69) is 4.72 Å². The molecule has 0 spiro atoms. The third kappa shape index (κ3) is 4.16. The summed E-state index contributed by atoms with van der Waals surface area (Å²) in [5.41, 5.74) is 6.22. The van der Waals surface area contributed by atoms with Crippen LogP contribution in [0.3, 0.4) is 0 Å². The van der Waals surface area contributed by atoms with Crippen LogP contribution in [0.4, 0.5) is 0 Å². The molecule has 0 radical (unpaired) electrons. The Balaban J connectivity index is 2.82. The van der Waals surface area contributed by atoms with Gasteiger partial charge in [0.15, 0.2) is 0 Å². The molecule has 0 saturated carbocycles. The lowest BCUT2D eigenvalue weighted by Gasteiger charge is -2.13. The normalized spacial score (nSPS) is 13.3. The van der Waals surface area contributed by atoms with Gasteiger partial charge in [-0.25, -0.2) is 13.1 Å². The first kappa shape index (κ1) is 13.7. The Morgan fingerprint density at radius 3 is 2.41 bits per heavy atom. The van der Waals surface area contributed by atoms with Crippen molar-refractivity contribution in [2.45, 2.75) is 31.2 Å². The van der Waals surface area contributed by atoms with Gasteiger partial charge in [-0.05, 0) is 26.0 Å². The first-order valence-electron chi connectivity index (χ1n) is 5.23. The van der Waals surface area contributed by atoms with Crippen molar-refractivity contribution in [1.82, 2.24) is 4.72 Å². The van der Waals surface area contributed by atoms with Crippen LogP contribution in [0.15, 0.2) is 29.2 Å². The highest BCUT2D eigenvalue weighted by atomic mass is 32.2. The predicted octanol–water partition coefficient (Wildman–Crippen LogP) is 0.988. The summed E-state index contributed by atoms with van der Waals surface area (Å²) in [7, 11) is -3.52. The Kier molecular flexibility index (Phi) is 4.25. The summed E-state index contributed by atoms with van der Waals surface area (Å²) in [6.07, 6.45) is 0.199. The Hall–Kier alpha value is -1.40. The second kappa shape index (κ2) is 5.29. The molecule has 0 bridgehead atoms. The van der Waals surface area contributed by atoms with E-state index in [-0.39, 0.29) is 23.2 Å². The fraction of sp³-hybridized carbons (Fsp3) is 0.364. The van der Waals surface area contributed by atoms with Crippen LogP contribution in [0.2, 0.25) is 0 Å². The van der Waals surface area contributed by atoms with Crippen LogP contribution in [0, 0.1) is 12.3 Å². The lowest BCUT2D eigenvalue weighted by atomic mass is 10.2. The third-order valence-corrected chi connectivity index (χ3v) is 3.82. The number of sulfonamides is 1. The summed E-state index contributed by atoms with van der Waals surface area (Å²) in [5, 5.41) is 7.11. The van der Waals surface area contributed by atoms with E-state index in [1.54, 1.807) is 31.2 Å². The van der Waals surface area contributed by atoms with Gasteiger partial charge in [0.05, 0.1) is 10.7 Å². The van der Waals surface area contributed by atoms with Crippen molar-refractivity contribution in [2.24, 2.45) is 5.73 Å². The lowest BCUT2D eigenvalue weighted by Crippen LogP contribution is -2.35. The highest BCUT2D eigenvalue weighted by Crippen LogP contribution is 2.10. The fourth-order valence-electron chi connectivity index (χ4n) is 1.42. The smallest absolute Gasteiger partial charge is 0.240 e. The van der Waals surface area contributed by atoms with Crippen LogP contribution >= 0.6 is 0 Å². The summed E-state index contributed by atoms with van der Waals surface area (Å²) >= 11 is 0. The van der Waals surface area contributed by atoms with Gasteiger partial charge in [0.1, 0.15) is 0 Å². The van der Waals surface area contributed by atoms with E-state index < -0.39 is 10.0 Å². The highest BCUT2D eigenvalue weighted by Gasteiger charge is 2.17. The average molecular weight is 255 g/mol. The summed E-state index contributed by atoms with van der Waals surface area (Å²) in [6, 6.07) is 6.20. The molecule has 1 aromatic carbocycles. The molecule has 0 aliphatic heterocycles. The molecule has 94 valence electrons. The summed E-state index contributed by atoms with van der Waals surface area (Å²) in [6.45, 7) is 3.56. The maximum atomic E-state index is 11.9. The van der Waals surface area contributed by atoms with Crippen LogP contribution in [0.25, 0.3) is 0 Å². The molecule has 6 heteroatoms. The lowest BCUT2D eigenvalue weighted by molar-refractivity contribution is 0.564. The monoisotopic (exact) mass is 255 g/mol. The Labute approximate surface area is 102 Å². The summed E-state index contributed by atoms with van der Waals surface area (Å²) in [5.74, 6) is -0.0379. The van der Waals surface area contributed by atoms with Crippen molar-refractivity contribution < 1.29 is 8.42 Å². The summed E-state index contributed by atoms with van der Waals surface area (Å²) in [4.78, 5) is 0.221. The number of nitrogens with two attached hydrogens (primary N) is 1. The molecule has 0 aliphatic carbocycles. The van der Waals surface area contributed by atoms with Crippen LogP contribution in [0.1, 0.15) is 18.9 Å². The Morgan fingerprint density at radius 1 is 1.41 bits per heavy atom. The molecule has 1 rings (SSSR count). The maximum absolute atomic E-state index is 11.9. The second-order valence-corrected chi connectivity index (χ2v) is 5.78. The van der Waals surface area contributed by atoms with Crippen molar-refractivity contribution in [3.05, 3.63) is 29.8 Å². The molecule has 1 unspecified atom stereocenters. The molecule has 17 heavy (non-hydrogen) atoms. The highest BCUT2D eigenvalue weighted by molar-refractivity contribution is 7.89. The fourth-order valence-corrected chi connectivity index (χ4v) is 2.67. The van der Waals surface area contributed by atoms with E-state index in [0.29, 0.717) is 0 Å². The summed E-state index contributed by atoms with van der Waals surface area (Å²) < 4.78 is 26.3. The minimum Gasteiger partial charge on any atom is -0.388 e. The first-order valence-corrected chi connectivity index (χ1v) is 6.71. The molecule has 0 saturated heterocycles. The molecule has 5 nitrogen and oxygen atoms in total. The second-order valence-electron chi connectivity index (χ2n) is 4.06. The topological polar surface area (TPSA) is 96.0 Å². The third-order valence-electron chi connectivity index (χ3n) is 2.21. The van der Waals surface area contributed by atoms with E-state index in [4.69, 9.17) is 11.1 Å². The maximum Gasteiger partial charge on any atom is 0.240 e. The van der Waals surface area contributed by atoms with Crippen LogP contribution in [0.5, 0.6) is 0 Å². The van der Waals surface area contributed by atoms with E-state index in [1.165, 1.54) is 0 Å². The van der Waals surface area contributed by atoms with Crippen LogP contribution in [-0.2, 0) is 10.0 Å². The molecule has 0 aromatic heterocycles. The van der Waals surface area contributed by atoms with E-state index in [1.807, 2.05) is 6.92 Å². The van der Waals surface area contributed by atoms with Crippen molar-refractivity contribution in [2.75, 3.05) is 0 Å². The van der Waals surface area contributed by atoms with E-state index in [0.717, 1.165) is 5.56 Å². The SMILES string of the molecule is Cc1ccc(S(=O)(=O)NC(C)CC(=N)N)cc1. The van der Waals surface area contributed by atoms with Gasteiger partial charge in [-0.3, -0.25) is 5.41 Å². The Bertz CT molecular complexity index is 494. The molecule has 0 amide bonds. The Morgan fingerprint density at radius 2 is 1.94 bits per heavy atom. The van der Waals surface area contributed by atoms with Crippen LogP contribution < -0.4 is 10.5 Å².